The molecule has 0 amide bonds. The van der Waals surface area contributed by atoms with Crippen LogP contribution < -0.4 is 0 Å². The zero-order chi connectivity index (χ0) is 13.9. The Balaban J connectivity index is 1.68. The van der Waals surface area contributed by atoms with Crippen LogP contribution in [0.2, 0.25) is 0 Å². The average Bonchev–Trinajstić information content (AvgIpc) is 2.69. The first-order valence-corrected chi connectivity index (χ1v) is 7.73. The van der Waals surface area contributed by atoms with E-state index in [0.717, 1.165) is 29.3 Å². The molecule has 4 aliphatic rings. The second kappa shape index (κ2) is 4.09. The predicted molar refractivity (Wildman–Crippen MR) is 72.4 cm³/mol. The SMILES string of the molecule is Cc1nc(C23CC4CC(CC(C4)C2)C3)oc1CC(=O)O. The standard InChI is InChI=1S/C16H21NO3/c1-9-13(5-14(18)19)20-15(17-9)16-6-10-2-11(7-16)4-12(3-10)8-16/h10-12H,2-8H2,1H3,(H,18,19). The average molecular weight is 275 g/mol. The molecular formula is C16H21NO3. The molecule has 0 atom stereocenters. The summed E-state index contributed by atoms with van der Waals surface area (Å²) in [4.78, 5) is 15.5. The minimum atomic E-state index is -0.846. The predicted octanol–water partition coefficient (Wildman–Crippen LogP) is 3.08. The van der Waals surface area contributed by atoms with Crippen LogP contribution in [0.15, 0.2) is 4.42 Å². The Labute approximate surface area is 118 Å². The monoisotopic (exact) mass is 275 g/mol. The van der Waals surface area contributed by atoms with E-state index in [4.69, 9.17) is 9.52 Å². The summed E-state index contributed by atoms with van der Waals surface area (Å²) in [5.41, 5.74) is 0.883. The van der Waals surface area contributed by atoms with Crippen LogP contribution in [-0.2, 0) is 16.6 Å². The van der Waals surface area contributed by atoms with Crippen molar-refractivity contribution >= 4 is 5.97 Å². The van der Waals surface area contributed by atoms with Crippen molar-refractivity contribution in [3.8, 4) is 0 Å². The molecule has 108 valence electrons. The molecule has 0 unspecified atom stereocenters. The Morgan fingerprint density at radius 3 is 2.30 bits per heavy atom. The van der Waals surface area contributed by atoms with Crippen molar-refractivity contribution < 1.29 is 14.3 Å². The molecule has 0 spiro atoms. The van der Waals surface area contributed by atoms with Gasteiger partial charge in [-0.15, -0.1) is 0 Å². The van der Waals surface area contributed by atoms with Crippen LogP contribution in [0, 0.1) is 24.7 Å². The number of aryl methyl sites for hydroxylation is 1. The number of aromatic nitrogens is 1. The fourth-order valence-electron chi connectivity index (χ4n) is 5.33. The third-order valence-electron chi connectivity index (χ3n) is 5.70. The van der Waals surface area contributed by atoms with Gasteiger partial charge in [-0.3, -0.25) is 4.79 Å². The van der Waals surface area contributed by atoms with E-state index in [1.165, 1.54) is 38.5 Å². The quantitative estimate of drug-likeness (QED) is 0.920. The lowest BCUT2D eigenvalue weighted by molar-refractivity contribution is -0.136. The van der Waals surface area contributed by atoms with Gasteiger partial charge in [-0.25, -0.2) is 4.98 Å². The van der Waals surface area contributed by atoms with Gasteiger partial charge in [0.25, 0.3) is 0 Å². The fraction of sp³-hybridized carbons (Fsp3) is 0.750. The van der Waals surface area contributed by atoms with E-state index in [0.29, 0.717) is 5.76 Å². The van der Waals surface area contributed by atoms with Crippen LogP contribution in [0.3, 0.4) is 0 Å². The minimum absolute atomic E-state index is 0.0504. The van der Waals surface area contributed by atoms with Gasteiger partial charge < -0.3 is 9.52 Å². The molecule has 1 aromatic rings. The zero-order valence-electron chi connectivity index (χ0n) is 11.9. The third-order valence-corrected chi connectivity index (χ3v) is 5.70. The normalized spacial score (nSPS) is 38.4. The van der Waals surface area contributed by atoms with E-state index in [1.807, 2.05) is 6.92 Å². The number of rotatable bonds is 3. The van der Waals surface area contributed by atoms with Crippen molar-refractivity contribution in [2.75, 3.05) is 0 Å². The zero-order valence-corrected chi connectivity index (χ0v) is 11.9. The molecule has 0 aromatic carbocycles. The van der Waals surface area contributed by atoms with E-state index in [2.05, 4.69) is 4.98 Å². The fourth-order valence-corrected chi connectivity index (χ4v) is 5.33. The highest BCUT2D eigenvalue weighted by atomic mass is 16.4. The maximum absolute atomic E-state index is 10.9. The van der Waals surface area contributed by atoms with Gasteiger partial charge in [0.05, 0.1) is 5.69 Å². The van der Waals surface area contributed by atoms with Gasteiger partial charge in [0.1, 0.15) is 12.2 Å². The first-order chi connectivity index (χ1) is 9.54. The van der Waals surface area contributed by atoms with Crippen LogP contribution in [0.4, 0.5) is 0 Å². The molecule has 1 heterocycles. The second-order valence-electron chi connectivity index (χ2n) is 7.30. The van der Waals surface area contributed by atoms with Crippen molar-refractivity contribution in [1.29, 1.82) is 0 Å². The second-order valence-corrected chi connectivity index (χ2v) is 7.30. The number of carboxylic acid groups (broad SMARTS) is 1. The molecule has 4 bridgehead atoms. The molecule has 4 aliphatic carbocycles. The molecule has 20 heavy (non-hydrogen) atoms. The maximum atomic E-state index is 10.9. The Morgan fingerprint density at radius 2 is 1.80 bits per heavy atom. The first kappa shape index (κ1) is 12.4. The molecule has 4 fully saturated rings. The molecule has 0 radical (unpaired) electrons. The summed E-state index contributed by atoms with van der Waals surface area (Å²) in [5, 5.41) is 8.95. The highest BCUT2D eigenvalue weighted by molar-refractivity contribution is 5.69. The van der Waals surface area contributed by atoms with E-state index < -0.39 is 5.97 Å². The number of aliphatic carboxylic acids is 1. The van der Waals surface area contributed by atoms with Crippen LogP contribution in [0.25, 0.3) is 0 Å². The van der Waals surface area contributed by atoms with Crippen LogP contribution in [0.5, 0.6) is 0 Å². The summed E-state index contributed by atoms with van der Waals surface area (Å²) < 4.78 is 5.92. The van der Waals surface area contributed by atoms with E-state index in [1.54, 1.807) is 0 Å². The van der Waals surface area contributed by atoms with Gasteiger partial charge in [0.2, 0.25) is 5.89 Å². The van der Waals surface area contributed by atoms with Gasteiger partial charge >= 0.3 is 5.97 Å². The van der Waals surface area contributed by atoms with Crippen molar-refractivity contribution in [2.45, 2.75) is 57.3 Å². The molecule has 4 nitrogen and oxygen atoms in total. The summed E-state index contributed by atoms with van der Waals surface area (Å²) in [6.07, 6.45) is 7.72. The summed E-state index contributed by atoms with van der Waals surface area (Å²) in [6, 6.07) is 0. The lowest BCUT2D eigenvalue weighted by Gasteiger charge is -2.55. The van der Waals surface area contributed by atoms with Gasteiger partial charge in [-0.2, -0.15) is 0 Å². The molecule has 5 rings (SSSR count). The van der Waals surface area contributed by atoms with E-state index >= 15 is 0 Å². The van der Waals surface area contributed by atoms with E-state index in [-0.39, 0.29) is 11.8 Å². The largest absolute Gasteiger partial charge is 0.481 e. The van der Waals surface area contributed by atoms with Crippen LogP contribution >= 0.6 is 0 Å². The summed E-state index contributed by atoms with van der Waals surface area (Å²) >= 11 is 0. The Hall–Kier alpha value is -1.32. The molecule has 1 N–H and O–H groups in total. The van der Waals surface area contributed by atoms with Gasteiger partial charge in [0, 0.05) is 5.41 Å². The van der Waals surface area contributed by atoms with Crippen molar-refractivity contribution in [2.24, 2.45) is 17.8 Å². The molecule has 4 saturated carbocycles. The van der Waals surface area contributed by atoms with Gasteiger partial charge in [-0.05, 0) is 63.2 Å². The highest BCUT2D eigenvalue weighted by Crippen LogP contribution is 2.60. The molecule has 0 saturated heterocycles. The smallest absolute Gasteiger partial charge is 0.311 e. The van der Waals surface area contributed by atoms with Gasteiger partial charge in [-0.1, -0.05) is 0 Å². The van der Waals surface area contributed by atoms with Crippen molar-refractivity contribution in [1.82, 2.24) is 4.98 Å². The number of carbonyl (C=O) groups is 1. The van der Waals surface area contributed by atoms with Crippen molar-refractivity contribution in [3.63, 3.8) is 0 Å². The Bertz CT molecular complexity index is 525. The maximum Gasteiger partial charge on any atom is 0.311 e. The summed E-state index contributed by atoms with van der Waals surface area (Å²) in [7, 11) is 0. The van der Waals surface area contributed by atoms with Gasteiger partial charge in [0.15, 0.2) is 0 Å². The lowest BCUT2D eigenvalue weighted by atomic mass is 9.49. The lowest BCUT2D eigenvalue weighted by Crippen LogP contribution is -2.48. The number of hydrogen-bond acceptors (Lipinski definition) is 3. The number of nitrogens with zero attached hydrogens (tertiary/aromatic N) is 1. The Morgan fingerprint density at radius 1 is 1.25 bits per heavy atom. The topological polar surface area (TPSA) is 63.3 Å². The molecule has 4 heteroatoms. The molecule has 0 aliphatic heterocycles. The number of carboxylic acids is 1. The van der Waals surface area contributed by atoms with Crippen LogP contribution in [0.1, 0.15) is 55.9 Å². The van der Waals surface area contributed by atoms with Crippen LogP contribution in [-0.4, -0.2) is 16.1 Å². The molecule has 1 aromatic heterocycles. The summed E-state index contributed by atoms with van der Waals surface area (Å²) in [6.45, 7) is 1.87. The van der Waals surface area contributed by atoms with Crippen molar-refractivity contribution in [3.05, 3.63) is 17.3 Å². The highest BCUT2D eigenvalue weighted by Gasteiger charge is 2.54. The molecular weight excluding hydrogens is 254 g/mol. The summed E-state index contributed by atoms with van der Waals surface area (Å²) in [5.74, 6) is 3.07. The third kappa shape index (κ3) is 1.80. The Kier molecular flexibility index (Phi) is 2.54. The number of oxazole rings is 1. The number of hydrogen-bond donors (Lipinski definition) is 1. The van der Waals surface area contributed by atoms with E-state index in [9.17, 15) is 4.79 Å². The minimum Gasteiger partial charge on any atom is -0.481 e. The first-order valence-electron chi connectivity index (χ1n) is 7.73.